The Morgan fingerprint density at radius 1 is 1.50 bits per heavy atom. The molecule has 3 heteroatoms. The van der Waals surface area contributed by atoms with Crippen LogP contribution in [-0.4, -0.2) is 11.0 Å². The number of hydrogen-bond acceptors (Lipinski definition) is 2. The molecule has 3 nitrogen and oxygen atoms in total. The number of nitrogens with one attached hydrogen (secondary N) is 1. The Balaban J connectivity index is 2.69. The van der Waals surface area contributed by atoms with E-state index < -0.39 is 0 Å². The average molecular weight is 191 g/mol. The van der Waals surface area contributed by atoms with E-state index in [1.165, 1.54) is 6.08 Å². The van der Waals surface area contributed by atoms with Crippen molar-refractivity contribution in [3.8, 4) is 5.75 Å². The molecule has 0 unspecified atom stereocenters. The number of phenols is 1. The van der Waals surface area contributed by atoms with Crippen molar-refractivity contribution in [3.63, 3.8) is 0 Å². The first-order chi connectivity index (χ1) is 6.63. The van der Waals surface area contributed by atoms with E-state index in [0.29, 0.717) is 0 Å². The van der Waals surface area contributed by atoms with Crippen molar-refractivity contribution in [3.05, 3.63) is 42.5 Å². The maximum atomic E-state index is 11.0. The highest BCUT2D eigenvalue weighted by atomic mass is 16.3. The highest BCUT2D eigenvalue weighted by Crippen LogP contribution is 2.15. The Labute approximate surface area is 83.1 Å². The van der Waals surface area contributed by atoms with Crippen LogP contribution in [0.5, 0.6) is 5.75 Å². The molecular formula is C11H13NO2. The first kappa shape index (κ1) is 10.3. The van der Waals surface area contributed by atoms with Crippen LogP contribution in [0.25, 0.3) is 0 Å². The third-order valence-electron chi connectivity index (χ3n) is 1.94. The van der Waals surface area contributed by atoms with Gasteiger partial charge in [-0.15, -0.1) is 0 Å². The van der Waals surface area contributed by atoms with Crippen molar-refractivity contribution in [1.82, 2.24) is 5.32 Å². The minimum atomic E-state index is -0.203. The van der Waals surface area contributed by atoms with Gasteiger partial charge in [0.25, 0.3) is 0 Å². The minimum Gasteiger partial charge on any atom is -0.508 e. The van der Waals surface area contributed by atoms with Crippen molar-refractivity contribution in [2.24, 2.45) is 0 Å². The summed E-state index contributed by atoms with van der Waals surface area (Å²) in [5.74, 6) is 0.0153. The van der Waals surface area contributed by atoms with Gasteiger partial charge in [-0.25, -0.2) is 0 Å². The van der Waals surface area contributed by atoms with Gasteiger partial charge in [0.15, 0.2) is 0 Å². The van der Waals surface area contributed by atoms with Gasteiger partial charge in [0, 0.05) is 0 Å². The number of phenolic OH excluding ortho intramolecular Hbond substituents is 1. The number of carbonyl (C=O) groups excluding carboxylic acids is 1. The SMILES string of the molecule is C=CC(=O)N[C@H](C)c1ccc(O)cc1. The summed E-state index contributed by atoms with van der Waals surface area (Å²) in [6.45, 7) is 5.24. The number of carbonyl (C=O) groups is 1. The van der Waals surface area contributed by atoms with Crippen LogP contribution in [0.3, 0.4) is 0 Å². The summed E-state index contributed by atoms with van der Waals surface area (Å²) in [6, 6.07) is 6.63. The predicted molar refractivity (Wildman–Crippen MR) is 54.9 cm³/mol. The summed E-state index contributed by atoms with van der Waals surface area (Å²) < 4.78 is 0. The molecule has 74 valence electrons. The predicted octanol–water partition coefficient (Wildman–Crippen LogP) is 1.76. The molecule has 0 bridgehead atoms. The van der Waals surface area contributed by atoms with Crippen LogP contribution in [-0.2, 0) is 4.79 Å². The van der Waals surface area contributed by atoms with Gasteiger partial charge >= 0.3 is 0 Å². The Kier molecular flexibility index (Phi) is 3.29. The van der Waals surface area contributed by atoms with Crippen LogP contribution in [0.15, 0.2) is 36.9 Å². The summed E-state index contributed by atoms with van der Waals surface area (Å²) >= 11 is 0. The molecule has 0 radical (unpaired) electrons. The van der Waals surface area contributed by atoms with Gasteiger partial charge in [0.2, 0.25) is 5.91 Å². The number of benzene rings is 1. The maximum Gasteiger partial charge on any atom is 0.243 e. The van der Waals surface area contributed by atoms with Gasteiger partial charge < -0.3 is 10.4 Å². The molecule has 0 heterocycles. The Morgan fingerprint density at radius 2 is 2.07 bits per heavy atom. The normalized spacial score (nSPS) is 11.8. The van der Waals surface area contributed by atoms with Gasteiger partial charge in [-0.2, -0.15) is 0 Å². The van der Waals surface area contributed by atoms with Crippen LogP contribution >= 0.6 is 0 Å². The van der Waals surface area contributed by atoms with Gasteiger partial charge in [0.05, 0.1) is 6.04 Å². The van der Waals surface area contributed by atoms with Crippen LogP contribution in [0.1, 0.15) is 18.5 Å². The Bertz CT molecular complexity index is 330. The van der Waals surface area contributed by atoms with Crippen LogP contribution in [0.2, 0.25) is 0 Å². The standard InChI is InChI=1S/C11H13NO2/c1-3-11(14)12-8(2)9-4-6-10(13)7-5-9/h3-8,13H,1H2,2H3,(H,12,14)/t8-/m1/s1. The smallest absolute Gasteiger partial charge is 0.243 e. The molecule has 0 fully saturated rings. The van der Waals surface area contributed by atoms with E-state index in [9.17, 15) is 4.79 Å². The zero-order chi connectivity index (χ0) is 10.6. The van der Waals surface area contributed by atoms with E-state index in [4.69, 9.17) is 5.11 Å². The lowest BCUT2D eigenvalue weighted by molar-refractivity contribution is -0.117. The maximum absolute atomic E-state index is 11.0. The van der Waals surface area contributed by atoms with Gasteiger partial charge in [0.1, 0.15) is 5.75 Å². The number of aromatic hydroxyl groups is 1. The van der Waals surface area contributed by atoms with Crippen LogP contribution in [0.4, 0.5) is 0 Å². The Hall–Kier alpha value is -1.77. The zero-order valence-electron chi connectivity index (χ0n) is 8.03. The van der Waals surface area contributed by atoms with Crippen LogP contribution < -0.4 is 5.32 Å². The molecule has 1 amide bonds. The topological polar surface area (TPSA) is 49.3 Å². The lowest BCUT2D eigenvalue weighted by atomic mass is 10.1. The molecule has 1 rings (SSSR count). The van der Waals surface area contributed by atoms with E-state index in [2.05, 4.69) is 11.9 Å². The first-order valence-corrected chi connectivity index (χ1v) is 4.35. The molecular weight excluding hydrogens is 178 g/mol. The lowest BCUT2D eigenvalue weighted by Gasteiger charge is -2.12. The fourth-order valence-electron chi connectivity index (χ4n) is 1.12. The Morgan fingerprint density at radius 3 is 2.57 bits per heavy atom. The van der Waals surface area contributed by atoms with Crippen LogP contribution in [0, 0.1) is 0 Å². The van der Waals surface area contributed by atoms with Gasteiger partial charge in [-0.05, 0) is 30.7 Å². The molecule has 14 heavy (non-hydrogen) atoms. The third-order valence-corrected chi connectivity index (χ3v) is 1.94. The van der Waals surface area contributed by atoms with E-state index in [1.807, 2.05) is 6.92 Å². The molecule has 0 aromatic heterocycles. The van der Waals surface area contributed by atoms with Crippen molar-refractivity contribution < 1.29 is 9.90 Å². The highest BCUT2D eigenvalue weighted by Gasteiger charge is 2.06. The molecule has 0 saturated carbocycles. The van der Waals surface area contributed by atoms with Crippen molar-refractivity contribution >= 4 is 5.91 Å². The lowest BCUT2D eigenvalue weighted by Crippen LogP contribution is -2.24. The summed E-state index contributed by atoms with van der Waals surface area (Å²) in [7, 11) is 0. The molecule has 0 aliphatic rings. The van der Waals surface area contributed by atoms with E-state index in [1.54, 1.807) is 24.3 Å². The molecule has 1 aromatic carbocycles. The van der Waals surface area contributed by atoms with E-state index in [0.717, 1.165) is 5.56 Å². The fourth-order valence-corrected chi connectivity index (χ4v) is 1.12. The average Bonchev–Trinajstić information content (AvgIpc) is 2.18. The van der Waals surface area contributed by atoms with Gasteiger partial charge in [-0.1, -0.05) is 18.7 Å². The van der Waals surface area contributed by atoms with E-state index in [-0.39, 0.29) is 17.7 Å². The number of rotatable bonds is 3. The second-order valence-electron chi connectivity index (χ2n) is 3.03. The first-order valence-electron chi connectivity index (χ1n) is 4.35. The zero-order valence-corrected chi connectivity index (χ0v) is 8.03. The van der Waals surface area contributed by atoms with Crippen molar-refractivity contribution in [2.75, 3.05) is 0 Å². The molecule has 1 aromatic rings. The second-order valence-corrected chi connectivity index (χ2v) is 3.03. The quantitative estimate of drug-likeness (QED) is 0.715. The largest absolute Gasteiger partial charge is 0.508 e. The molecule has 0 spiro atoms. The summed E-state index contributed by atoms with van der Waals surface area (Å²) in [4.78, 5) is 11.0. The molecule has 2 N–H and O–H groups in total. The van der Waals surface area contributed by atoms with Crippen molar-refractivity contribution in [1.29, 1.82) is 0 Å². The minimum absolute atomic E-state index is 0.0823. The number of amides is 1. The molecule has 0 saturated heterocycles. The van der Waals surface area contributed by atoms with Gasteiger partial charge in [-0.3, -0.25) is 4.79 Å². The summed E-state index contributed by atoms with van der Waals surface area (Å²) in [5.41, 5.74) is 0.943. The summed E-state index contributed by atoms with van der Waals surface area (Å²) in [6.07, 6.45) is 1.23. The third kappa shape index (κ3) is 2.62. The highest BCUT2D eigenvalue weighted by molar-refractivity contribution is 5.87. The monoisotopic (exact) mass is 191 g/mol. The number of hydrogen-bond donors (Lipinski definition) is 2. The fraction of sp³-hybridized carbons (Fsp3) is 0.182. The van der Waals surface area contributed by atoms with E-state index >= 15 is 0 Å². The second kappa shape index (κ2) is 4.46. The molecule has 0 aliphatic heterocycles. The molecule has 1 atom stereocenters. The van der Waals surface area contributed by atoms with Crippen molar-refractivity contribution in [2.45, 2.75) is 13.0 Å². The molecule has 0 aliphatic carbocycles. The summed E-state index contributed by atoms with van der Waals surface area (Å²) in [5, 5.41) is 11.8.